The van der Waals surface area contributed by atoms with Crippen LogP contribution in [0.25, 0.3) is 0 Å². The number of hydrogen-bond acceptors (Lipinski definition) is 7. The average molecular weight is 435 g/mol. The highest BCUT2D eigenvalue weighted by atomic mass is 16.5. The van der Waals surface area contributed by atoms with Gasteiger partial charge in [-0.05, 0) is 56.4 Å². The van der Waals surface area contributed by atoms with E-state index in [9.17, 15) is 19.2 Å². The number of anilines is 2. The van der Waals surface area contributed by atoms with Crippen LogP contribution < -0.4 is 10.2 Å². The van der Waals surface area contributed by atoms with E-state index in [1.54, 1.807) is 19.1 Å². The number of nitrogens with zero attached hydrogens (tertiary/aromatic N) is 2. The van der Waals surface area contributed by atoms with E-state index < -0.39 is 18.5 Å². The van der Waals surface area contributed by atoms with Crippen LogP contribution in [-0.4, -0.2) is 35.5 Å². The molecule has 0 unspecified atom stereocenters. The Kier molecular flexibility index (Phi) is 4.69. The van der Waals surface area contributed by atoms with E-state index >= 15 is 0 Å². The topological polar surface area (TPSA) is 119 Å². The zero-order valence-corrected chi connectivity index (χ0v) is 17.5. The molecule has 9 nitrogen and oxygen atoms in total. The van der Waals surface area contributed by atoms with Crippen molar-refractivity contribution in [2.75, 3.05) is 16.8 Å². The summed E-state index contributed by atoms with van der Waals surface area (Å²) in [7, 11) is 0. The molecule has 3 aliphatic rings. The van der Waals surface area contributed by atoms with Gasteiger partial charge in [-0.3, -0.25) is 19.3 Å². The van der Waals surface area contributed by atoms with E-state index in [2.05, 4.69) is 16.5 Å². The van der Waals surface area contributed by atoms with Crippen molar-refractivity contribution in [2.24, 2.45) is 23.7 Å². The molecule has 32 heavy (non-hydrogen) atoms. The number of imide groups is 1. The second-order valence-corrected chi connectivity index (χ2v) is 8.47. The summed E-state index contributed by atoms with van der Waals surface area (Å²) in [5.41, 5.74) is 1.83. The Hall–Kier alpha value is -3.75. The summed E-state index contributed by atoms with van der Waals surface area (Å²) in [6.07, 6.45) is 3.00. The first-order valence-electron chi connectivity index (χ1n) is 10.4. The van der Waals surface area contributed by atoms with Crippen LogP contribution in [0.3, 0.4) is 0 Å². The molecule has 1 aromatic heterocycles. The Balaban J connectivity index is 1.22. The Morgan fingerprint density at radius 2 is 1.88 bits per heavy atom. The molecule has 5 rings (SSSR count). The molecule has 1 saturated heterocycles. The molecule has 9 heteroatoms. The highest BCUT2D eigenvalue weighted by Crippen LogP contribution is 2.55. The standard InChI is InChI=1S/C23H21N3O6/c1-11-7-14-9-16(11)20-19(14)21(28)26(22(20)29)15-5-3-13(4-6-15)23(30)31-10-18(27)24-17-8-12(2)32-25-17/h3-8,14,16,19-20H,9-10H2,1-2H3,(H,24,25,27)/t14-,16+,19-,20-/m0/s1. The summed E-state index contributed by atoms with van der Waals surface area (Å²) in [6, 6.07) is 7.59. The molecule has 1 aromatic carbocycles. The summed E-state index contributed by atoms with van der Waals surface area (Å²) in [5.74, 6) is -1.12. The van der Waals surface area contributed by atoms with Gasteiger partial charge < -0.3 is 14.6 Å². The van der Waals surface area contributed by atoms with Crippen LogP contribution in [-0.2, 0) is 19.1 Å². The van der Waals surface area contributed by atoms with Crippen LogP contribution in [0.1, 0.15) is 29.5 Å². The van der Waals surface area contributed by atoms with Gasteiger partial charge in [-0.15, -0.1) is 0 Å². The van der Waals surface area contributed by atoms with Gasteiger partial charge in [0.15, 0.2) is 12.4 Å². The second-order valence-electron chi connectivity index (χ2n) is 8.47. The van der Waals surface area contributed by atoms with Crippen LogP contribution in [0, 0.1) is 30.6 Å². The third kappa shape index (κ3) is 3.21. The fourth-order valence-electron chi connectivity index (χ4n) is 5.09. The quantitative estimate of drug-likeness (QED) is 0.435. The summed E-state index contributed by atoms with van der Waals surface area (Å²) in [4.78, 5) is 51.4. The molecular weight excluding hydrogens is 414 g/mol. The number of fused-ring (bicyclic) bond motifs is 5. The Labute approximate surface area is 183 Å². The number of hydrogen-bond donors (Lipinski definition) is 1. The number of amides is 3. The van der Waals surface area contributed by atoms with E-state index in [1.165, 1.54) is 28.7 Å². The molecule has 0 spiro atoms. The van der Waals surface area contributed by atoms with Gasteiger partial charge in [0.25, 0.3) is 5.91 Å². The molecule has 2 heterocycles. The van der Waals surface area contributed by atoms with Gasteiger partial charge in [0.2, 0.25) is 11.8 Å². The van der Waals surface area contributed by atoms with Crippen molar-refractivity contribution in [1.29, 1.82) is 0 Å². The van der Waals surface area contributed by atoms with E-state index in [0.29, 0.717) is 11.4 Å². The van der Waals surface area contributed by atoms with Gasteiger partial charge in [-0.25, -0.2) is 4.79 Å². The average Bonchev–Trinajstić information content (AvgIpc) is 3.50. The molecule has 1 aliphatic heterocycles. The molecule has 0 radical (unpaired) electrons. The molecule has 2 aromatic rings. The molecule has 2 aliphatic carbocycles. The number of ether oxygens (including phenoxy) is 1. The SMILES string of the molecule is CC1=C[C@H]2C[C@H]1[C@@H]1C(=O)N(c3ccc(C(=O)OCC(=O)Nc4cc(C)on4)cc3)C(=O)[C@H]12. The van der Waals surface area contributed by atoms with Crippen molar-refractivity contribution in [3.63, 3.8) is 0 Å². The molecule has 2 bridgehead atoms. The lowest BCUT2D eigenvalue weighted by Crippen LogP contribution is -2.33. The van der Waals surface area contributed by atoms with Gasteiger partial charge >= 0.3 is 5.97 Å². The van der Waals surface area contributed by atoms with Crippen molar-refractivity contribution >= 4 is 35.2 Å². The zero-order chi connectivity index (χ0) is 22.6. The van der Waals surface area contributed by atoms with Gasteiger partial charge in [0, 0.05) is 6.07 Å². The maximum absolute atomic E-state index is 13.0. The largest absolute Gasteiger partial charge is 0.452 e. The minimum absolute atomic E-state index is 0.132. The number of allylic oxidation sites excluding steroid dienone is 2. The number of carbonyl (C=O) groups excluding carboxylic acids is 4. The summed E-state index contributed by atoms with van der Waals surface area (Å²) in [6.45, 7) is 3.22. The molecule has 2 fully saturated rings. The number of aromatic nitrogens is 1. The number of aryl methyl sites for hydroxylation is 1. The minimum Gasteiger partial charge on any atom is -0.452 e. The van der Waals surface area contributed by atoms with E-state index in [4.69, 9.17) is 9.26 Å². The highest BCUT2D eigenvalue weighted by Gasteiger charge is 2.60. The summed E-state index contributed by atoms with van der Waals surface area (Å²) >= 11 is 0. The van der Waals surface area contributed by atoms with Crippen molar-refractivity contribution in [1.82, 2.24) is 5.16 Å². The third-order valence-corrected chi connectivity index (χ3v) is 6.47. The first-order chi connectivity index (χ1) is 15.3. The molecule has 1 N–H and O–H groups in total. The van der Waals surface area contributed by atoms with Gasteiger partial charge in [0.05, 0.1) is 23.1 Å². The van der Waals surface area contributed by atoms with Crippen molar-refractivity contribution in [3.8, 4) is 0 Å². The molecule has 4 atom stereocenters. The highest BCUT2D eigenvalue weighted by molar-refractivity contribution is 6.23. The first-order valence-corrected chi connectivity index (χ1v) is 10.4. The van der Waals surface area contributed by atoms with Crippen LogP contribution in [0.2, 0.25) is 0 Å². The number of nitrogens with one attached hydrogen (secondary N) is 1. The fourth-order valence-corrected chi connectivity index (χ4v) is 5.09. The Bertz CT molecular complexity index is 1160. The molecular formula is C23H21N3O6. The number of esters is 1. The smallest absolute Gasteiger partial charge is 0.338 e. The fraction of sp³-hybridized carbons (Fsp3) is 0.348. The maximum atomic E-state index is 13.0. The molecule has 1 saturated carbocycles. The number of carbonyl (C=O) groups is 4. The summed E-state index contributed by atoms with van der Waals surface area (Å²) < 4.78 is 9.87. The monoisotopic (exact) mass is 435 g/mol. The number of benzene rings is 1. The Morgan fingerprint density at radius 1 is 1.16 bits per heavy atom. The van der Waals surface area contributed by atoms with Crippen molar-refractivity contribution in [2.45, 2.75) is 20.3 Å². The van der Waals surface area contributed by atoms with Crippen LogP contribution in [0.5, 0.6) is 0 Å². The number of rotatable bonds is 5. The predicted molar refractivity (Wildman–Crippen MR) is 111 cm³/mol. The molecule has 3 amide bonds. The van der Waals surface area contributed by atoms with E-state index in [-0.39, 0.29) is 46.9 Å². The minimum atomic E-state index is -0.697. The lowest BCUT2D eigenvalue weighted by molar-refractivity contribution is -0.123. The van der Waals surface area contributed by atoms with Gasteiger partial charge in [-0.1, -0.05) is 16.8 Å². The normalized spacial score (nSPS) is 25.7. The van der Waals surface area contributed by atoms with Crippen molar-refractivity contribution < 1.29 is 28.4 Å². The van der Waals surface area contributed by atoms with Crippen LogP contribution >= 0.6 is 0 Å². The Morgan fingerprint density at radius 3 is 2.56 bits per heavy atom. The lowest BCUT2D eigenvalue weighted by atomic mass is 9.82. The third-order valence-electron chi connectivity index (χ3n) is 6.47. The van der Waals surface area contributed by atoms with Crippen LogP contribution in [0.4, 0.5) is 11.5 Å². The lowest BCUT2D eigenvalue weighted by Gasteiger charge is -2.19. The van der Waals surface area contributed by atoms with E-state index in [1.807, 2.05) is 6.92 Å². The van der Waals surface area contributed by atoms with E-state index in [0.717, 1.165) is 6.42 Å². The van der Waals surface area contributed by atoms with Gasteiger partial charge in [0.1, 0.15) is 5.76 Å². The molecule has 164 valence electrons. The predicted octanol–water partition coefficient (Wildman–Crippen LogP) is 2.48. The summed E-state index contributed by atoms with van der Waals surface area (Å²) in [5, 5.41) is 6.08. The second kappa shape index (κ2) is 7.44. The maximum Gasteiger partial charge on any atom is 0.338 e. The van der Waals surface area contributed by atoms with Crippen molar-refractivity contribution in [3.05, 3.63) is 53.3 Å². The zero-order valence-electron chi connectivity index (χ0n) is 17.5. The van der Waals surface area contributed by atoms with Crippen LogP contribution in [0.15, 0.2) is 46.5 Å². The first kappa shape index (κ1) is 20.2. The van der Waals surface area contributed by atoms with Gasteiger partial charge in [-0.2, -0.15) is 0 Å².